The Morgan fingerprint density at radius 1 is 1.17 bits per heavy atom. The van der Waals surface area contributed by atoms with Crippen LogP contribution in [0, 0.1) is 5.82 Å². The molecule has 6 nitrogen and oxygen atoms in total. The van der Waals surface area contributed by atoms with Crippen molar-refractivity contribution in [2.75, 3.05) is 40.0 Å². The Hall–Kier alpha value is -2.38. The van der Waals surface area contributed by atoms with Crippen molar-refractivity contribution in [2.45, 2.75) is 31.3 Å². The van der Waals surface area contributed by atoms with Gasteiger partial charge in [-0.3, -0.25) is 4.99 Å². The largest absolute Gasteiger partial charge is 0.467 e. The van der Waals surface area contributed by atoms with Crippen LogP contribution < -0.4 is 10.6 Å². The van der Waals surface area contributed by atoms with E-state index in [4.69, 9.17) is 13.9 Å². The van der Waals surface area contributed by atoms with Crippen molar-refractivity contribution < 1.29 is 18.3 Å². The molecule has 2 heterocycles. The van der Waals surface area contributed by atoms with Crippen molar-refractivity contribution in [3.63, 3.8) is 0 Å². The van der Waals surface area contributed by atoms with Crippen LogP contribution >= 0.6 is 0 Å². The summed E-state index contributed by atoms with van der Waals surface area (Å²) in [5.41, 5.74) is 1.05. The number of benzene rings is 1. The minimum Gasteiger partial charge on any atom is -0.467 e. The molecule has 1 aliphatic rings. The minimum atomic E-state index is -0.212. The number of hydrogen-bond acceptors (Lipinski definition) is 4. The van der Waals surface area contributed by atoms with Gasteiger partial charge in [-0.25, -0.2) is 4.39 Å². The van der Waals surface area contributed by atoms with Gasteiger partial charge < -0.3 is 24.5 Å². The third-order valence-electron chi connectivity index (χ3n) is 5.31. The van der Waals surface area contributed by atoms with E-state index in [-0.39, 0.29) is 11.2 Å². The molecule has 0 saturated carbocycles. The number of guanidine groups is 1. The first-order chi connectivity index (χ1) is 14.2. The van der Waals surface area contributed by atoms with Crippen LogP contribution in [-0.2, 0) is 21.5 Å². The average molecular weight is 403 g/mol. The molecule has 7 heteroatoms. The molecule has 2 N–H and O–H groups in total. The summed E-state index contributed by atoms with van der Waals surface area (Å²) in [5, 5.41) is 6.76. The third kappa shape index (κ3) is 6.30. The molecule has 0 spiro atoms. The van der Waals surface area contributed by atoms with Crippen LogP contribution in [0.25, 0.3) is 0 Å². The molecule has 158 valence electrons. The quantitative estimate of drug-likeness (QED) is 0.382. The number of rotatable bonds is 9. The molecule has 1 fully saturated rings. The van der Waals surface area contributed by atoms with E-state index in [0.717, 1.165) is 49.6 Å². The molecule has 0 aliphatic carbocycles. The Bertz CT molecular complexity index is 741. The summed E-state index contributed by atoms with van der Waals surface area (Å²) in [7, 11) is 1.76. The highest BCUT2D eigenvalue weighted by molar-refractivity contribution is 5.79. The normalized spacial score (nSPS) is 16.6. The topological polar surface area (TPSA) is 68.0 Å². The second-order valence-corrected chi connectivity index (χ2v) is 7.24. The summed E-state index contributed by atoms with van der Waals surface area (Å²) in [6.07, 6.45) is 4.29. The van der Waals surface area contributed by atoms with Crippen molar-refractivity contribution in [1.29, 1.82) is 0 Å². The smallest absolute Gasteiger partial charge is 0.191 e. The van der Waals surface area contributed by atoms with Gasteiger partial charge in [-0.15, -0.1) is 0 Å². The first kappa shape index (κ1) is 21.3. The summed E-state index contributed by atoms with van der Waals surface area (Å²) < 4.78 is 29.8. The van der Waals surface area contributed by atoms with Crippen LogP contribution in [0.15, 0.2) is 52.1 Å². The van der Waals surface area contributed by atoms with E-state index in [1.807, 2.05) is 24.3 Å². The van der Waals surface area contributed by atoms with Crippen molar-refractivity contribution in [2.24, 2.45) is 4.99 Å². The number of nitrogens with one attached hydrogen (secondary N) is 2. The van der Waals surface area contributed by atoms with Gasteiger partial charge in [0.25, 0.3) is 0 Å². The maximum atomic E-state index is 13.4. The van der Waals surface area contributed by atoms with Gasteiger partial charge in [0.2, 0.25) is 0 Å². The number of ether oxygens (including phenoxy) is 2. The molecule has 0 radical (unpaired) electrons. The van der Waals surface area contributed by atoms with Gasteiger partial charge >= 0.3 is 0 Å². The lowest BCUT2D eigenvalue weighted by atomic mass is 9.74. The number of nitrogens with zero attached hydrogens (tertiary/aromatic N) is 1. The van der Waals surface area contributed by atoms with E-state index < -0.39 is 0 Å². The molecule has 0 unspecified atom stereocenters. The van der Waals surface area contributed by atoms with Crippen LogP contribution in [0.1, 0.15) is 30.6 Å². The second kappa shape index (κ2) is 11.0. The molecule has 1 aliphatic heterocycles. The zero-order chi connectivity index (χ0) is 20.4. The highest BCUT2D eigenvalue weighted by atomic mass is 19.1. The van der Waals surface area contributed by atoms with E-state index >= 15 is 0 Å². The lowest BCUT2D eigenvalue weighted by Gasteiger charge is -2.38. The average Bonchev–Trinajstić information content (AvgIpc) is 3.27. The summed E-state index contributed by atoms with van der Waals surface area (Å²) >= 11 is 0. The minimum absolute atomic E-state index is 0.0876. The molecule has 1 aromatic carbocycles. The van der Waals surface area contributed by atoms with E-state index in [2.05, 4.69) is 15.6 Å². The van der Waals surface area contributed by atoms with Crippen LogP contribution in [0.3, 0.4) is 0 Å². The Balaban J connectivity index is 1.44. The van der Waals surface area contributed by atoms with Gasteiger partial charge in [-0.05, 0) is 49.1 Å². The first-order valence-electron chi connectivity index (χ1n) is 10.1. The molecule has 0 bridgehead atoms. The Kier molecular flexibility index (Phi) is 8.07. The van der Waals surface area contributed by atoms with E-state index in [1.165, 1.54) is 12.1 Å². The molecule has 2 aromatic rings. The fraction of sp³-hybridized carbons (Fsp3) is 0.500. The molecule has 29 heavy (non-hydrogen) atoms. The monoisotopic (exact) mass is 403 g/mol. The van der Waals surface area contributed by atoms with Gasteiger partial charge in [0, 0.05) is 45.4 Å². The van der Waals surface area contributed by atoms with Gasteiger partial charge in [-0.2, -0.15) is 0 Å². The van der Waals surface area contributed by atoms with Gasteiger partial charge in [0.05, 0.1) is 6.26 Å². The van der Waals surface area contributed by atoms with Crippen molar-refractivity contribution in [3.8, 4) is 0 Å². The summed E-state index contributed by atoms with van der Waals surface area (Å²) in [6.45, 7) is 4.01. The lowest BCUT2D eigenvalue weighted by molar-refractivity contribution is 0.0513. The maximum absolute atomic E-state index is 13.4. The summed E-state index contributed by atoms with van der Waals surface area (Å²) in [6, 6.07) is 10.6. The molecule has 1 aromatic heterocycles. The zero-order valence-corrected chi connectivity index (χ0v) is 17.0. The zero-order valence-electron chi connectivity index (χ0n) is 17.0. The third-order valence-corrected chi connectivity index (χ3v) is 5.31. The molecule has 3 rings (SSSR count). The summed E-state index contributed by atoms with van der Waals surface area (Å²) in [5.74, 6) is 1.37. The fourth-order valence-corrected chi connectivity index (χ4v) is 3.56. The lowest BCUT2D eigenvalue weighted by Crippen LogP contribution is -2.48. The Morgan fingerprint density at radius 3 is 2.66 bits per heavy atom. The van der Waals surface area contributed by atoms with Crippen LogP contribution in [-0.4, -0.2) is 45.9 Å². The van der Waals surface area contributed by atoms with E-state index in [1.54, 1.807) is 13.3 Å². The van der Waals surface area contributed by atoms with Crippen molar-refractivity contribution >= 4 is 5.96 Å². The highest BCUT2D eigenvalue weighted by Gasteiger charge is 2.34. The van der Waals surface area contributed by atoms with Crippen LogP contribution in [0.5, 0.6) is 0 Å². The maximum Gasteiger partial charge on any atom is 0.191 e. The highest BCUT2D eigenvalue weighted by Crippen LogP contribution is 2.34. The fourth-order valence-electron chi connectivity index (χ4n) is 3.56. The standard InChI is InChI=1S/C22H30FN3O3/c1-24-21(25-11-3-12-28-16-20-4-2-13-29-20)26-17-22(9-14-27-15-10-22)18-5-7-19(23)8-6-18/h2,4-8,13H,3,9-12,14-17H2,1H3,(H2,24,25,26). The SMILES string of the molecule is CN=C(NCCCOCc1ccco1)NCC1(c2ccc(F)cc2)CCOCC1. The van der Waals surface area contributed by atoms with Crippen molar-refractivity contribution in [1.82, 2.24) is 10.6 Å². The Labute approximate surface area is 171 Å². The second-order valence-electron chi connectivity index (χ2n) is 7.24. The Morgan fingerprint density at radius 2 is 1.97 bits per heavy atom. The van der Waals surface area contributed by atoms with Crippen molar-refractivity contribution in [3.05, 3.63) is 59.8 Å². The van der Waals surface area contributed by atoms with Crippen LogP contribution in [0.2, 0.25) is 0 Å². The number of halogens is 1. The molecular weight excluding hydrogens is 373 g/mol. The number of furan rings is 1. The summed E-state index contributed by atoms with van der Waals surface area (Å²) in [4.78, 5) is 4.32. The molecule has 0 amide bonds. The van der Waals surface area contributed by atoms with E-state index in [9.17, 15) is 4.39 Å². The first-order valence-corrected chi connectivity index (χ1v) is 10.1. The van der Waals surface area contributed by atoms with Gasteiger partial charge in [0.15, 0.2) is 5.96 Å². The van der Waals surface area contributed by atoms with Gasteiger partial charge in [0.1, 0.15) is 18.2 Å². The number of aliphatic imine (C=N–C) groups is 1. The molecular formula is C22H30FN3O3. The number of hydrogen-bond donors (Lipinski definition) is 2. The predicted molar refractivity (Wildman–Crippen MR) is 110 cm³/mol. The molecule has 1 saturated heterocycles. The molecule has 0 atom stereocenters. The van der Waals surface area contributed by atoms with E-state index in [0.29, 0.717) is 26.4 Å². The predicted octanol–water partition coefficient (Wildman–Crippen LogP) is 3.24. The van der Waals surface area contributed by atoms with Crippen LogP contribution in [0.4, 0.5) is 4.39 Å². The van der Waals surface area contributed by atoms with Gasteiger partial charge in [-0.1, -0.05) is 12.1 Å².